The van der Waals surface area contributed by atoms with Gasteiger partial charge in [0, 0.05) is 18.4 Å². The number of carbonyl (C=O) groups is 1. The highest BCUT2D eigenvalue weighted by Crippen LogP contribution is 2.18. The van der Waals surface area contributed by atoms with Crippen molar-refractivity contribution in [2.75, 3.05) is 11.1 Å². The van der Waals surface area contributed by atoms with Gasteiger partial charge in [-0.25, -0.2) is 9.97 Å². The zero-order valence-corrected chi connectivity index (χ0v) is 15.5. The fraction of sp³-hybridized carbons (Fsp3) is 0.263. The van der Waals surface area contributed by atoms with Gasteiger partial charge in [0.05, 0.1) is 11.1 Å². The fourth-order valence-corrected chi connectivity index (χ4v) is 3.32. The van der Waals surface area contributed by atoms with E-state index in [9.17, 15) is 9.59 Å². The molecule has 0 unspecified atom stereocenters. The Hall–Kier alpha value is -2.67. The van der Waals surface area contributed by atoms with Gasteiger partial charge >= 0.3 is 0 Å². The monoisotopic (exact) mass is 368 g/mol. The van der Waals surface area contributed by atoms with Gasteiger partial charge in [0.2, 0.25) is 5.91 Å². The first-order valence-electron chi connectivity index (χ1n) is 8.38. The molecule has 0 atom stereocenters. The Morgan fingerprint density at radius 2 is 1.96 bits per heavy atom. The Bertz CT molecular complexity index is 970. The first kappa shape index (κ1) is 18.1. The number of amides is 1. The van der Waals surface area contributed by atoms with E-state index in [1.54, 1.807) is 22.9 Å². The van der Waals surface area contributed by atoms with Crippen molar-refractivity contribution in [3.8, 4) is 0 Å². The van der Waals surface area contributed by atoms with Crippen molar-refractivity contribution in [1.82, 2.24) is 14.5 Å². The van der Waals surface area contributed by atoms with Crippen LogP contribution in [0.3, 0.4) is 0 Å². The number of benzene rings is 1. The molecule has 0 saturated carbocycles. The SMILES string of the molecule is CC(C)Cn1c(SCC(=O)Nc2ccccc2)nc2ncccc2c1=O. The average molecular weight is 368 g/mol. The second-order valence-corrected chi connectivity index (χ2v) is 7.22. The second-order valence-electron chi connectivity index (χ2n) is 6.28. The van der Waals surface area contributed by atoms with Gasteiger partial charge in [0.1, 0.15) is 0 Å². The molecule has 0 radical (unpaired) electrons. The van der Waals surface area contributed by atoms with Crippen molar-refractivity contribution in [1.29, 1.82) is 0 Å². The fourth-order valence-electron chi connectivity index (χ4n) is 2.52. The van der Waals surface area contributed by atoms with E-state index in [4.69, 9.17) is 0 Å². The molecule has 2 aromatic heterocycles. The number of pyridine rings is 1. The van der Waals surface area contributed by atoms with Crippen LogP contribution < -0.4 is 10.9 Å². The van der Waals surface area contributed by atoms with Crippen molar-refractivity contribution in [3.63, 3.8) is 0 Å². The molecule has 6 nitrogen and oxygen atoms in total. The molecule has 7 heteroatoms. The highest BCUT2D eigenvalue weighted by molar-refractivity contribution is 7.99. The predicted octanol–water partition coefficient (Wildman–Crippen LogP) is 3.18. The molecule has 26 heavy (non-hydrogen) atoms. The number of hydrogen-bond acceptors (Lipinski definition) is 5. The molecule has 0 saturated heterocycles. The van der Waals surface area contributed by atoms with Gasteiger partial charge in [-0.1, -0.05) is 43.8 Å². The predicted molar refractivity (Wildman–Crippen MR) is 104 cm³/mol. The Kier molecular flexibility index (Phi) is 5.68. The summed E-state index contributed by atoms with van der Waals surface area (Å²) in [7, 11) is 0. The molecule has 134 valence electrons. The molecule has 1 amide bonds. The minimum Gasteiger partial charge on any atom is -0.325 e. The maximum atomic E-state index is 12.8. The topological polar surface area (TPSA) is 76.9 Å². The van der Waals surface area contributed by atoms with Crippen molar-refractivity contribution in [3.05, 3.63) is 59.0 Å². The van der Waals surface area contributed by atoms with E-state index in [1.807, 2.05) is 44.2 Å². The highest BCUT2D eigenvalue weighted by atomic mass is 32.2. The molecule has 3 aromatic rings. The molecule has 0 aliphatic rings. The van der Waals surface area contributed by atoms with Gasteiger partial charge in [-0.2, -0.15) is 0 Å². The highest BCUT2D eigenvalue weighted by Gasteiger charge is 2.14. The number of nitrogens with one attached hydrogen (secondary N) is 1. The van der Waals surface area contributed by atoms with Crippen molar-refractivity contribution < 1.29 is 4.79 Å². The Morgan fingerprint density at radius 1 is 1.19 bits per heavy atom. The van der Waals surface area contributed by atoms with Gasteiger partial charge in [0.15, 0.2) is 10.8 Å². The van der Waals surface area contributed by atoms with E-state index < -0.39 is 0 Å². The number of nitrogens with zero attached hydrogens (tertiary/aromatic N) is 3. The van der Waals surface area contributed by atoms with E-state index in [0.29, 0.717) is 22.7 Å². The van der Waals surface area contributed by atoms with Gasteiger partial charge in [-0.15, -0.1) is 0 Å². The van der Waals surface area contributed by atoms with Crippen LogP contribution in [0.1, 0.15) is 13.8 Å². The summed E-state index contributed by atoms with van der Waals surface area (Å²) < 4.78 is 1.63. The molecule has 1 N–H and O–H groups in total. The van der Waals surface area contributed by atoms with Gasteiger partial charge in [-0.05, 0) is 30.2 Å². The van der Waals surface area contributed by atoms with Crippen LogP contribution in [0.5, 0.6) is 0 Å². The van der Waals surface area contributed by atoms with E-state index >= 15 is 0 Å². The number of fused-ring (bicyclic) bond motifs is 1. The van der Waals surface area contributed by atoms with Crippen LogP contribution in [0.15, 0.2) is 58.6 Å². The minimum atomic E-state index is -0.146. The van der Waals surface area contributed by atoms with Crippen LogP contribution in [0.4, 0.5) is 5.69 Å². The lowest BCUT2D eigenvalue weighted by molar-refractivity contribution is -0.113. The molecule has 3 rings (SSSR count). The Labute approximate surface area is 155 Å². The van der Waals surface area contributed by atoms with Gasteiger partial charge in [0.25, 0.3) is 5.56 Å². The van der Waals surface area contributed by atoms with Gasteiger partial charge in [-0.3, -0.25) is 14.2 Å². The molecule has 0 spiro atoms. The largest absolute Gasteiger partial charge is 0.325 e. The summed E-state index contributed by atoms with van der Waals surface area (Å²) >= 11 is 1.25. The lowest BCUT2D eigenvalue weighted by Crippen LogP contribution is -2.26. The van der Waals surface area contributed by atoms with Crippen LogP contribution in [0.2, 0.25) is 0 Å². The summed E-state index contributed by atoms with van der Waals surface area (Å²) in [5.74, 6) is 0.298. The van der Waals surface area contributed by atoms with Crippen LogP contribution >= 0.6 is 11.8 Å². The summed E-state index contributed by atoms with van der Waals surface area (Å²) in [4.78, 5) is 33.7. The number of thioether (sulfide) groups is 1. The quantitative estimate of drug-likeness (QED) is 0.534. The third-order valence-electron chi connectivity index (χ3n) is 3.63. The third kappa shape index (κ3) is 4.29. The first-order valence-corrected chi connectivity index (χ1v) is 9.36. The molecule has 0 aliphatic heterocycles. The normalized spacial score (nSPS) is 11.0. The van der Waals surface area contributed by atoms with Crippen molar-refractivity contribution >= 4 is 34.4 Å². The van der Waals surface area contributed by atoms with E-state index in [1.165, 1.54) is 11.8 Å². The second kappa shape index (κ2) is 8.14. The molecule has 0 aliphatic carbocycles. The number of aromatic nitrogens is 3. The number of rotatable bonds is 6. The Morgan fingerprint density at radius 3 is 2.69 bits per heavy atom. The number of hydrogen-bond donors (Lipinski definition) is 1. The maximum absolute atomic E-state index is 12.8. The molecule has 1 aromatic carbocycles. The zero-order chi connectivity index (χ0) is 18.5. The summed E-state index contributed by atoms with van der Waals surface area (Å²) in [5.41, 5.74) is 1.03. The number of para-hydroxylation sites is 1. The summed E-state index contributed by atoms with van der Waals surface area (Å²) in [6.45, 7) is 4.62. The van der Waals surface area contributed by atoms with E-state index in [0.717, 1.165) is 5.69 Å². The number of anilines is 1. The number of carbonyl (C=O) groups excluding carboxylic acids is 1. The smallest absolute Gasteiger partial charge is 0.263 e. The molecule has 2 heterocycles. The standard InChI is InChI=1S/C19H20N4O2S/c1-13(2)11-23-18(25)15-9-6-10-20-17(15)22-19(23)26-12-16(24)21-14-7-4-3-5-8-14/h3-10,13H,11-12H2,1-2H3,(H,21,24). The van der Waals surface area contributed by atoms with Crippen LogP contribution in [0.25, 0.3) is 11.0 Å². The lowest BCUT2D eigenvalue weighted by atomic mass is 10.2. The maximum Gasteiger partial charge on any atom is 0.263 e. The van der Waals surface area contributed by atoms with Gasteiger partial charge < -0.3 is 5.32 Å². The molecule has 0 fully saturated rings. The minimum absolute atomic E-state index is 0.122. The van der Waals surface area contributed by atoms with Crippen LogP contribution in [-0.4, -0.2) is 26.2 Å². The summed E-state index contributed by atoms with van der Waals surface area (Å²) in [6, 6.07) is 12.7. The summed E-state index contributed by atoms with van der Waals surface area (Å²) in [6.07, 6.45) is 1.61. The van der Waals surface area contributed by atoms with Crippen molar-refractivity contribution in [2.45, 2.75) is 25.5 Å². The third-order valence-corrected chi connectivity index (χ3v) is 4.61. The molecular formula is C19H20N4O2S. The summed E-state index contributed by atoms with van der Waals surface area (Å²) in [5, 5.41) is 3.84. The Balaban J connectivity index is 1.84. The molecular weight excluding hydrogens is 348 g/mol. The van der Waals surface area contributed by atoms with E-state index in [-0.39, 0.29) is 23.1 Å². The van der Waals surface area contributed by atoms with Crippen LogP contribution in [0, 0.1) is 5.92 Å². The zero-order valence-electron chi connectivity index (χ0n) is 14.7. The van der Waals surface area contributed by atoms with Crippen molar-refractivity contribution in [2.24, 2.45) is 5.92 Å². The molecule has 0 bridgehead atoms. The lowest BCUT2D eigenvalue weighted by Gasteiger charge is -2.14. The van der Waals surface area contributed by atoms with E-state index in [2.05, 4.69) is 15.3 Å². The average Bonchev–Trinajstić information content (AvgIpc) is 2.63. The first-order chi connectivity index (χ1) is 12.5. The van der Waals surface area contributed by atoms with Crippen LogP contribution in [-0.2, 0) is 11.3 Å².